The molecule has 0 saturated carbocycles. The molecular weight excluding hydrogens is 789 g/mol. The molecule has 0 aromatic heterocycles. The van der Waals surface area contributed by atoms with Gasteiger partial charge in [-0.3, -0.25) is 0 Å². The van der Waals surface area contributed by atoms with E-state index in [0.29, 0.717) is 34.1 Å². The number of hydrogen-bond donors (Lipinski definition) is 1. The number of hydrogen-bond acceptors (Lipinski definition) is 5. The van der Waals surface area contributed by atoms with Crippen molar-refractivity contribution in [3.63, 3.8) is 0 Å². The van der Waals surface area contributed by atoms with Gasteiger partial charge in [0.2, 0.25) is 0 Å². The number of aliphatic hydroxyl groups excluding tert-OH is 1. The van der Waals surface area contributed by atoms with Crippen LogP contribution in [0.15, 0.2) is 36.4 Å². The number of benzene rings is 2. The molecule has 5 heteroatoms. The number of aliphatic hydroxyl groups is 1. The van der Waals surface area contributed by atoms with Gasteiger partial charge in [0, 0.05) is 223 Å². The Morgan fingerprint density at radius 2 is 0.719 bits per heavy atom. The summed E-state index contributed by atoms with van der Waals surface area (Å²) in [6.45, 7) is -0.176. The van der Waals surface area contributed by atoms with Crippen molar-refractivity contribution in [2.24, 2.45) is 0 Å². The summed E-state index contributed by atoms with van der Waals surface area (Å²) in [5.74, 6) is 100. The minimum Gasteiger partial charge on any atom is -0.497 e. The molecule has 0 bridgehead atoms. The molecule has 64 heavy (non-hydrogen) atoms. The zero-order valence-electron chi connectivity index (χ0n) is 33.1. The van der Waals surface area contributed by atoms with E-state index in [1.165, 1.54) is 7.11 Å². The quantitative estimate of drug-likeness (QED) is 0.281. The second kappa shape index (κ2) is 35.3. The van der Waals surface area contributed by atoms with E-state index in [1.807, 2.05) is 0 Å². The van der Waals surface area contributed by atoms with E-state index in [9.17, 15) is 5.11 Å². The van der Waals surface area contributed by atoms with Crippen LogP contribution in [-0.4, -0.2) is 12.2 Å². The Morgan fingerprint density at radius 3 is 1.02 bits per heavy atom. The summed E-state index contributed by atoms with van der Waals surface area (Å²) < 4.78 is 22.4. The second-order valence-corrected chi connectivity index (χ2v) is 9.68. The molecule has 0 unspecified atom stereocenters. The van der Waals surface area contributed by atoms with E-state index in [0.717, 1.165) is 0 Å². The summed E-state index contributed by atoms with van der Waals surface area (Å²) in [5.41, 5.74) is 1.19. The van der Waals surface area contributed by atoms with Crippen LogP contribution in [-0.2, 0) is 13.2 Å². The molecule has 0 heterocycles. The van der Waals surface area contributed by atoms with Gasteiger partial charge >= 0.3 is 0 Å². The molecule has 0 fully saturated rings. The van der Waals surface area contributed by atoms with Crippen LogP contribution in [0.2, 0.25) is 0 Å². The summed E-state index contributed by atoms with van der Waals surface area (Å²) in [6, 6.07) is 9.99. The number of methoxy groups -OCH3 is 1. The van der Waals surface area contributed by atoms with Crippen LogP contribution in [0.4, 0.5) is 0 Å². The maximum atomic E-state index is 9.76. The van der Waals surface area contributed by atoms with Gasteiger partial charge in [0.15, 0.2) is 0 Å². The Balaban J connectivity index is -0.0000000234. The van der Waals surface area contributed by atoms with Gasteiger partial charge in [0.05, 0.1) is 13.7 Å². The summed E-state index contributed by atoms with van der Waals surface area (Å²) in [5, 5.41) is 9.76. The highest BCUT2D eigenvalue weighted by Gasteiger charge is 2.08. The van der Waals surface area contributed by atoms with Crippen LogP contribution in [0, 0.1) is 262 Å². The van der Waals surface area contributed by atoms with Crippen LogP contribution >= 0.6 is 0 Å². The van der Waals surface area contributed by atoms with Crippen molar-refractivity contribution in [3.8, 4) is 285 Å². The fourth-order valence-electron chi connectivity index (χ4n) is 3.27. The Morgan fingerprint density at radius 1 is 0.406 bits per heavy atom. The van der Waals surface area contributed by atoms with Gasteiger partial charge in [-0.05, 0) is 125 Å². The molecule has 0 radical (unpaired) electrons. The first kappa shape index (κ1) is 48.1. The van der Waals surface area contributed by atoms with Crippen LogP contribution in [0.1, 0.15) is 73.9 Å². The Labute approximate surface area is 440 Å². The average Bonchev–Trinajstić information content (AvgIpc) is 3.31. The molecule has 0 aliphatic rings. The van der Waals surface area contributed by atoms with Crippen LogP contribution < -0.4 is 18.9 Å². The Hall–Kier alpha value is -12.1. The Bertz CT molecular complexity index is 3510. The molecule has 2 aromatic rings. The standard InChI is InChI=1S/C59H16O5.44H2/c1-4-6-8-10-12-14-16-18-20-22-24-26-28-30-32-34-36-38-40-42-46-62-57-48-54(53-64-59-51-56(61-3)45-44-55(59)52-60)49-58(50-57)63-47-43-41-39-37-35-33-31-29-27-25-23-21-19-17-15-13-11-9-7-5-2;;;;;;;;;;;;;;;;;;;;;;;;;;;;;;;;;;;;;;;;;;;;/h1-2,44-45,48-51,60H,52-53H2,3H3;44*1H. The largest absolute Gasteiger partial charge is 0.497 e. The lowest BCUT2D eigenvalue weighted by molar-refractivity contribution is 0.257. The molecule has 0 aliphatic heterocycles. The summed E-state index contributed by atoms with van der Waals surface area (Å²) >= 11 is 0. The summed E-state index contributed by atoms with van der Waals surface area (Å²) in [7, 11) is 1.53. The predicted molar refractivity (Wildman–Crippen MR) is 337 cm³/mol. The normalized spacial score (nSPS) is 6.06. The molecule has 0 spiro atoms. The minimum absolute atomic E-state index is 0. The third kappa shape index (κ3) is 25.9. The van der Waals surface area contributed by atoms with Gasteiger partial charge < -0.3 is 24.1 Å². The number of terminal acetylenes is 2. The topological polar surface area (TPSA) is 57.2 Å². The summed E-state index contributed by atoms with van der Waals surface area (Å²) in [4.78, 5) is 0. The van der Waals surface area contributed by atoms with E-state index in [2.05, 4.69) is 249 Å². The van der Waals surface area contributed by atoms with Gasteiger partial charge in [-0.1, -0.05) is 0 Å². The van der Waals surface area contributed by atoms with E-state index in [4.69, 9.17) is 31.8 Å². The molecule has 5 nitrogen and oxygen atoms in total. The zero-order valence-corrected chi connectivity index (χ0v) is 33.1. The van der Waals surface area contributed by atoms with Gasteiger partial charge in [0.1, 0.15) is 41.8 Å². The fourth-order valence-corrected chi connectivity index (χ4v) is 3.27. The van der Waals surface area contributed by atoms with Gasteiger partial charge in [-0.25, -0.2) is 0 Å². The van der Waals surface area contributed by atoms with Crippen molar-refractivity contribution in [2.75, 3.05) is 7.11 Å². The summed E-state index contributed by atoms with van der Waals surface area (Å²) in [6.07, 6.45) is 14.9. The monoisotopic (exact) mass is 893 g/mol. The van der Waals surface area contributed by atoms with Gasteiger partial charge in [0.25, 0.3) is 0 Å². The molecule has 2 rings (SSSR count). The highest BCUT2D eigenvalue weighted by atomic mass is 16.5. The molecule has 2 aromatic carbocycles. The van der Waals surface area contributed by atoms with E-state index in [-0.39, 0.29) is 76.0 Å². The van der Waals surface area contributed by atoms with Crippen LogP contribution in [0.5, 0.6) is 23.0 Å². The maximum absolute atomic E-state index is 9.76. The van der Waals surface area contributed by atoms with Crippen LogP contribution in [0.3, 0.4) is 0 Å². The molecule has 370 valence electrons. The lowest BCUT2D eigenvalue weighted by Crippen LogP contribution is -2.00. The maximum Gasteiger partial charge on any atom is 0.144 e. The molecule has 1 N–H and O–H groups in total. The molecule has 0 saturated heterocycles. The van der Waals surface area contributed by atoms with Gasteiger partial charge in [-0.15, -0.1) is 12.8 Å². The van der Waals surface area contributed by atoms with Crippen molar-refractivity contribution in [1.82, 2.24) is 0 Å². The van der Waals surface area contributed by atoms with Crippen LogP contribution in [0.25, 0.3) is 0 Å². The molecule has 0 atom stereocenters. The average molecular weight is 893 g/mol. The third-order valence-corrected chi connectivity index (χ3v) is 5.61. The first-order chi connectivity index (χ1) is 31.7. The zero-order chi connectivity index (χ0) is 45.6. The lowest BCUT2D eigenvalue weighted by atomic mass is 10.2. The lowest BCUT2D eigenvalue weighted by Gasteiger charge is -2.13. The smallest absolute Gasteiger partial charge is 0.144 e. The minimum atomic E-state index is -0.236. The first-order valence-corrected chi connectivity index (χ1v) is 17.0. The first-order valence-electron chi connectivity index (χ1n) is 17.0. The third-order valence-electron chi connectivity index (χ3n) is 5.61. The molecular formula is C59H104O5. The fraction of sp³-hybridized carbons (Fsp3) is 0.0508. The van der Waals surface area contributed by atoms with E-state index < -0.39 is 0 Å². The SMILES string of the molecule is C#CC#CC#CC#CC#CC#CC#CC#CC#CC#CC#COc1cc(COc2cc(OC)ccc2CO)cc(OC#CC#CC#CC#CC#CC#CC#CC#CC#CC#CC#C)c1.[HH].[HH].[HH].[HH].[HH].[HH].[HH].[HH].[HH].[HH].[HH].[HH].[HH].[HH].[HH].[HH].[HH].[HH].[HH].[HH].[HH].[HH].[HH].[HH].[HH].[HH].[HH].[HH].[HH].[HH].[HH].[HH].[HH].[HH].[HH].[HH].[HH].[HH].[HH].[HH].[HH].[HH].[HH].[HH]. The highest BCUT2D eigenvalue weighted by Crippen LogP contribution is 2.28. The van der Waals surface area contributed by atoms with Crippen molar-refractivity contribution >= 4 is 0 Å². The number of rotatable bonds is 7. The predicted octanol–water partition coefficient (Wildman–Crippen LogP) is 13.6. The van der Waals surface area contributed by atoms with E-state index in [1.54, 1.807) is 36.4 Å². The van der Waals surface area contributed by atoms with Crippen molar-refractivity contribution in [2.45, 2.75) is 13.2 Å². The van der Waals surface area contributed by atoms with Crippen molar-refractivity contribution in [3.05, 3.63) is 47.5 Å². The van der Waals surface area contributed by atoms with Gasteiger partial charge in [-0.2, -0.15) is 0 Å². The highest BCUT2D eigenvalue weighted by molar-refractivity contribution is 5.50. The molecule has 0 amide bonds. The number of ether oxygens (including phenoxy) is 4. The van der Waals surface area contributed by atoms with Crippen molar-refractivity contribution in [1.29, 1.82) is 0 Å². The van der Waals surface area contributed by atoms with Crippen molar-refractivity contribution < 1.29 is 86.8 Å². The Kier molecular flexibility index (Phi) is 26.5. The molecule has 0 aliphatic carbocycles. The second-order valence-electron chi connectivity index (χ2n) is 9.68. The van der Waals surface area contributed by atoms with E-state index >= 15 is 0 Å².